The van der Waals surface area contributed by atoms with Crippen molar-refractivity contribution in [3.8, 4) is 11.6 Å². The molecule has 8 nitrogen and oxygen atoms in total. The van der Waals surface area contributed by atoms with E-state index in [1.165, 1.54) is 10.1 Å². The summed E-state index contributed by atoms with van der Waals surface area (Å²) < 4.78 is 6.92. The summed E-state index contributed by atoms with van der Waals surface area (Å²) in [7, 11) is 0. The van der Waals surface area contributed by atoms with Crippen LogP contribution in [0.4, 0.5) is 5.95 Å². The first kappa shape index (κ1) is 14.6. The van der Waals surface area contributed by atoms with Gasteiger partial charge in [0, 0.05) is 5.69 Å². The molecule has 128 valence electrons. The molecule has 4 heterocycles. The van der Waals surface area contributed by atoms with Crippen LogP contribution in [-0.2, 0) is 12.8 Å². The van der Waals surface area contributed by atoms with Crippen LogP contribution in [0, 0.1) is 0 Å². The molecule has 0 fully saturated rings. The van der Waals surface area contributed by atoms with E-state index in [1.807, 2.05) is 18.2 Å². The molecule has 0 spiro atoms. The first-order valence-corrected chi connectivity index (χ1v) is 8.26. The van der Waals surface area contributed by atoms with Crippen LogP contribution in [0.2, 0.25) is 0 Å². The Hall–Kier alpha value is -3.68. The first-order chi connectivity index (χ1) is 12.8. The third-order valence-corrected chi connectivity index (χ3v) is 4.34. The molecule has 5 aromatic rings. The second-order valence-electron chi connectivity index (χ2n) is 6.00. The predicted molar refractivity (Wildman–Crippen MR) is 96.4 cm³/mol. The molecule has 1 aromatic carbocycles. The Morgan fingerprint density at radius 2 is 1.92 bits per heavy atom. The highest BCUT2D eigenvalue weighted by atomic mass is 16.3. The fourth-order valence-corrected chi connectivity index (χ4v) is 3.08. The molecule has 0 aliphatic rings. The normalized spacial score (nSPS) is 11.5. The van der Waals surface area contributed by atoms with Gasteiger partial charge in [-0.15, -0.1) is 5.10 Å². The molecular weight excluding hydrogens is 330 g/mol. The lowest BCUT2D eigenvalue weighted by molar-refractivity contribution is 0.577. The van der Waals surface area contributed by atoms with Crippen LogP contribution in [-0.4, -0.2) is 29.8 Å². The Bertz CT molecular complexity index is 1190. The van der Waals surface area contributed by atoms with Gasteiger partial charge >= 0.3 is 0 Å². The minimum absolute atomic E-state index is 0.235. The molecule has 0 aliphatic heterocycles. The summed E-state index contributed by atoms with van der Waals surface area (Å²) in [5.74, 6) is 1.28. The Kier molecular flexibility index (Phi) is 3.21. The number of fused-ring (bicyclic) bond motifs is 3. The number of hydrogen-bond acceptors (Lipinski definition) is 6. The summed E-state index contributed by atoms with van der Waals surface area (Å²) in [5.41, 5.74) is 9.40. The highest BCUT2D eigenvalue weighted by molar-refractivity contribution is 5.92. The van der Waals surface area contributed by atoms with E-state index in [4.69, 9.17) is 10.2 Å². The zero-order valence-electron chi connectivity index (χ0n) is 13.8. The molecule has 8 heteroatoms. The van der Waals surface area contributed by atoms with Gasteiger partial charge in [0.05, 0.1) is 11.6 Å². The van der Waals surface area contributed by atoms with E-state index in [0.29, 0.717) is 22.9 Å². The maximum atomic E-state index is 6.03. The van der Waals surface area contributed by atoms with Crippen molar-refractivity contribution in [3.05, 3.63) is 60.0 Å². The van der Waals surface area contributed by atoms with Gasteiger partial charge in [-0.1, -0.05) is 30.3 Å². The summed E-state index contributed by atoms with van der Waals surface area (Å²) in [6.07, 6.45) is 3.25. The van der Waals surface area contributed by atoms with Crippen molar-refractivity contribution >= 4 is 22.6 Å². The van der Waals surface area contributed by atoms with Gasteiger partial charge in [0.25, 0.3) is 0 Å². The van der Waals surface area contributed by atoms with E-state index in [1.54, 1.807) is 18.4 Å². The molecule has 0 saturated heterocycles. The van der Waals surface area contributed by atoms with Crippen molar-refractivity contribution in [1.82, 2.24) is 29.8 Å². The van der Waals surface area contributed by atoms with Crippen molar-refractivity contribution in [2.24, 2.45) is 0 Å². The summed E-state index contributed by atoms with van der Waals surface area (Å²) in [6.45, 7) is 0. The van der Waals surface area contributed by atoms with Gasteiger partial charge in [0.1, 0.15) is 0 Å². The third kappa shape index (κ3) is 2.31. The Morgan fingerprint density at radius 1 is 1.04 bits per heavy atom. The molecule has 4 aromatic heterocycles. The van der Waals surface area contributed by atoms with Gasteiger partial charge < -0.3 is 10.2 Å². The molecule has 0 unspecified atom stereocenters. The number of aryl methyl sites for hydroxylation is 2. The molecule has 5 rings (SSSR count). The lowest BCUT2D eigenvalue weighted by Gasteiger charge is -2.01. The minimum atomic E-state index is 0.235. The summed E-state index contributed by atoms with van der Waals surface area (Å²) in [6, 6.07) is 13.9. The van der Waals surface area contributed by atoms with Crippen molar-refractivity contribution in [2.45, 2.75) is 12.8 Å². The summed E-state index contributed by atoms with van der Waals surface area (Å²) in [5, 5.41) is 12.6. The van der Waals surface area contributed by atoms with Crippen molar-refractivity contribution in [1.29, 1.82) is 0 Å². The molecule has 3 N–H and O–H groups in total. The van der Waals surface area contributed by atoms with Crippen LogP contribution >= 0.6 is 0 Å². The quantitative estimate of drug-likeness (QED) is 0.518. The number of anilines is 1. The zero-order chi connectivity index (χ0) is 17.5. The van der Waals surface area contributed by atoms with Gasteiger partial charge in [-0.25, -0.2) is 4.98 Å². The molecule has 0 amide bonds. The van der Waals surface area contributed by atoms with Gasteiger partial charge in [0.2, 0.25) is 11.8 Å². The van der Waals surface area contributed by atoms with Crippen molar-refractivity contribution in [3.63, 3.8) is 0 Å². The number of nitrogens with zero attached hydrogens (tertiary/aromatic N) is 5. The Labute approximate surface area is 147 Å². The van der Waals surface area contributed by atoms with E-state index < -0.39 is 0 Å². The number of nitrogens with two attached hydrogens (primary N) is 1. The summed E-state index contributed by atoms with van der Waals surface area (Å²) >= 11 is 0. The van der Waals surface area contributed by atoms with Crippen molar-refractivity contribution in [2.75, 3.05) is 5.73 Å². The van der Waals surface area contributed by atoms with E-state index in [0.717, 1.165) is 23.9 Å². The van der Waals surface area contributed by atoms with E-state index in [2.05, 4.69) is 37.4 Å². The Morgan fingerprint density at radius 3 is 2.73 bits per heavy atom. The number of aromatic amines is 1. The largest absolute Gasteiger partial charge is 0.461 e. The molecule has 0 bridgehead atoms. The fourth-order valence-electron chi connectivity index (χ4n) is 3.08. The second kappa shape index (κ2) is 5.69. The van der Waals surface area contributed by atoms with Crippen LogP contribution in [0.25, 0.3) is 28.3 Å². The van der Waals surface area contributed by atoms with Crippen LogP contribution in [0.15, 0.2) is 53.1 Å². The van der Waals surface area contributed by atoms with Crippen molar-refractivity contribution < 1.29 is 4.42 Å². The Balaban J connectivity index is 1.62. The molecular formula is C18H15N7O. The number of benzene rings is 1. The van der Waals surface area contributed by atoms with Crippen LogP contribution in [0.3, 0.4) is 0 Å². The van der Waals surface area contributed by atoms with Gasteiger partial charge in [-0.05, 0) is 30.5 Å². The number of hydrogen-bond donors (Lipinski definition) is 2. The van der Waals surface area contributed by atoms with E-state index in [9.17, 15) is 0 Å². The number of nitrogens with one attached hydrogen (secondary N) is 1. The van der Waals surface area contributed by atoms with Gasteiger partial charge in [-0.3, -0.25) is 5.10 Å². The molecule has 26 heavy (non-hydrogen) atoms. The van der Waals surface area contributed by atoms with Gasteiger partial charge in [-0.2, -0.15) is 14.6 Å². The first-order valence-electron chi connectivity index (χ1n) is 8.26. The van der Waals surface area contributed by atoms with Crippen LogP contribution in [0.1, 0.15) is 11.3 Å². The number of furan rings is 1. The SMILES string of the molecule is Nc1nc2n[nH]c(CCc3ccccc3)c2c2nc(-c3ccco3)nn12. The standard InChI is InChI=1S/C18H15N7O/c19-18-21-16-14(12(22-23-16)9-8-11-5-2-1-3-6-11)17-20-15(24-25(17)18)13-7-4-10-26-13/h1-7,10H,8-9H2,(H3,19,21,22,23). The van der Waals surface area contributed by atoms with Crippen LogP contribution in [0.5, 0.6) is 0 Å². The highest BCUT2D eigenvalue weighted by Gasteiger charge is 2.18. The lowest BCUT2D eigenvalue weighted by atomic mass is 10.1. The smallest absolute Gasteiger partial charge is 0.225 e. The third-order valence-electron chi connectivity index (χ3n) is 4.34. The fraction of sp³-hybridized carbons (Fsp3) is 0.111. The second-order valence-corrected chi connectivity index (χ2v) is 6.00. The minimum Gasteiger partial charge on any atom is -0.461 e. The highest BCUT2D eigenvalue weighted by Crippen LogP contribution is 2.25. The monoisotopic (exact) mass is 345 g/mol. The lowest BCUT2D eigenvalue weighted by Crippen LogP contribution is -2.03. The topological polar surface area (TPSA) is 111 Å². The number of nitrogen functional groups attached to an aromatic ring is 1. The number of H-pyrrole nitrogens is 1. The molecule has 0 saturated carbocycles. The molecule has 0 aliphatic carbocycles. The maximum absolute atomic E-state index is 6.03. The van der Waals surface area contributed by atoms with Gasteiger partial charge in [0.15, 0.2) is 17.1 Å². The number of rotatable bonds is 4. The number of aromatic nitrogens is 6. The average molecular weight is 345 g/mol. The molecule has 0 radical (unpaired) electrons. The van der Waals surface area contributed by atoms with E-state index in [-0.39, 0.29) is 5.95 Å². The van der Waals surface area contributed by atoms with Crippen LogP contribution < -0.4 is 5.73 Å². The molecule has 0 atom stereocenters. The van der Waals surface area contributed by atoms with E-state index >= 15 is 0 Å². The predicted octanol–water partition coefficient (Wildman–Crippen LogP) is 2.63. The average Bonchev–Trinajstić information content (AvgIpc) is 3.39. The summed E-state index contributed by atoms with van der Waals surface area (Å²) in [4.78, 5) is 8.95. The zero-order valence-corrected chi connectivity index (χ0v) is 13.8. The maximum Gasteiger partial charge on any atom is 0.225 e.